The molecular formula is C16H24N6. The Labute approximate surface area is 131 Å². The van der Waals surface area contributed by atoms with Crippen LogP contribution >= 0.6 is 0 Å². The monoisotopic (exact) mass is 300 g/mol. The first kappa shape index (κ1) is 16.0. The van der Waals surface area contributed by atoms with Crippen LogP contribution in [-0.2, 0) is 12.1 Å². The van der Waals surface area contributed by atoms with Crippen molar-refractivity contribution >= 4 is 11.6 Å². The Morgan fingerprint density at radius 1 is 1.27 bits per heavy atom. The smallest absolute Gasteiger partial charge is 0.193 e. The van der Waals surface area contributed by atoms with Crippen LogP contribution < -0.4 is 11.1 Å². The van der Waals surface area contributed by atoms with Gasteiger partial charge in [-0.2, -0.15) is 5.10 Å². The van der Waals surface area contributed by atoms with Gasteiger partial charge in [0, 0.05) is 5.69 Å². The summed E-state index contributed by atoms with van der Waals surface area (Å²) in [5.74, 6) is 1.16. The van der Waals surface area contributed by atoms with Crippen LogP contribution in [0.5, 0.6) is 0 Å². The summed E-state index contributed by atoms with van der Waals surface area (Å²) in [6.45, 7) is 10.8. The Hall–Kier alpha value is -2.37. The molecule has 0 unspecified atom stereocenters. The molecule has 0 saturated heterocycles. The van der Waals surface area contributed by atoms with Gasteiger partial charge in [0.25, 0.3) is 0 Å². The molecule has 0 aliphatic carbocycles. The molecule has 0 fully saturated rings. The van der Waals surface area contributed by atoms with Crippen LogP contribution in [0.3, 0.4) is 0 Å². The highest BCUT2D eigenvalue weighted by molar-refractivity contribution is 5.92. The molecule has 2 aromatic rings. The molecule has 6 heteroatoms. The fourth-order valence-corrected chi connectivity index (χ4v) is 2.10. The fourth-order valence-electron chi connectivity index (χ4n) is 2.10. The van der Waals surface area contributed by atoms with E-state index in [1.807, 2.05) is 10.7 Å². The summed E-state index contributed by atoms with van der Waals surface area (Å²) >= 11 is 0. The summed E-state index contributed by atoms with van der Waals surface area (Å²) in [6, 6.07) is 6.10. The van der Waals surface area contributed by atoms with Crippen LogP contribution in [0.2, 0.25) is 0 Å². The van der Waals surface area contributed by atoms with Crippen LogP contribution in [0, 0.1) is 13.8 Å². The number of aliphatic imine (C=N–C) groups is 1. The normalized spacial score (nSPS) is 12.5. The lowest BCUT2D eigenvalue weighted by Gasteiger charge is -2.20. The van der Waals surface area contributed by atoms with Gasteiger partial charge >= 0.3 is 0 Å². The van der Waals surface area contributed by atoms with Crippen LogP contribution in [-0.4, -0.2) is 20.7 Å². The highest BCUT2D eigenvalue weighted by Gasteiger charge is 2.17. The van der Waals surface area contributed by atoms with Crippen molar-refractivity contribution in [1.82, 2.24) is 14.8 Å². The van der Waals surface area contributed by atoms with Crippen molar-refractivity contribution in [3.63, 3.8) is 0 Å². The van der Waals surface area contributed by atoms with E-state index in [-0.39, 0.29) is 5.54 Å². The maximum atomic E-state index is 5.95. The number of aryl methyl sites for hydroxylation is 2. The van der Waals surface area contributed by atoms with Crippen molar-refractivity contribution in [2.24, 2.45) is 10.7 Å². The first-order valence-electron chi connectivity index (χ1n) is 7.31. The van der Waals surface area contributed by atoms with E-state index in [9.17, 15) is 0 Å². The molecule has 1 aromatic heterocycles. The molecule has 3 N–H and O–H groups in total. The summed E-state index contributed by atoms with van der Waals surface area (Å²) in [6.07, 6.45) is 1.54. The second-order valence-corrected chi connectivity index (χ2v) is 6.38. The van der Waals surface area contributed by atoms with Crippen LogP contribution in [0.1, 0.15) is 37.7 Å². The van der Waals surface area contributed by atoms with E-state index in [4.69, 9.17) is 5.73 Å². The van der Waals surface area contributed by atoms with Crippen molar-refractivity contribution in [2.45, 2.75) is 46.7 Å². The van der Waals surface area contributed by atoms with E-state index >= 15 is 0 Å². The van der Waals surface area contributed by atoms with Crippen LogP contribution in [0.4, 0.5) is 5.69 Å². The first-order valence-corrected chi connectivity index (χ1v) is 7.31. The molecule has 0 aliphatic rings. The van der Waals surface area contributed by atoms with Gasteiger partial charge < -0.3 is 11.1 Å². The van der Waals surface area contributed by atoms with Gasteiger partial charge in [0.05, 0.1) is 5.54 Å². The van der Waals surface area contributed by atoms with Gasteiger partial charge in [-0.05, 0) is 57.9 Å². The van der Waals surface area contributed by atoms with Crippen molar-refractivity contribution in [3.05, 3.63) is 41.5 Å². The Morgan fingerprint density at radius 2 is 2.00 bits per heavy atom. The summed E-state index contributed by atoms with van der Waals surface area (Å²) < 4.78 is 1.86. The molecule has 1 aromatic carbocycles. The lowest BCUT2D eigenvalue weighted by Crippen LogP contribution is -2.26. The molecule has 0 amide bonds. The number of guanidine groups is 1. The number of anilines is 1. The highest BCUT2D eigenvalue weighted by atomic mass is 15.4. The van der Waals surface area contributed by atoms with Crippen molar-refractivity contribution in [3.8, 4) is 0 Å². The Kier molecular flexibility index (Phi) is 4.49. The van der Waals surface area contributed by atoms with Crippen molar-refractivity contribution < 1.29 is 0 Å². The third kappa shape index (κ3) is 3.84. The zero-order valence-electron chi connectivity index (χ0n) is 13.9. The summed E-state index contributed by atoms with van der Waals surface area (Å²) in [4.78, 5) is 8.60. The number of rotatable bonds is 3. The van der Waals surface area contributed by atoms with Crippen molar-refractivity contribution in [1.29, 1.82) is 0 Å². The minimum atomic E-state index is -0.127. The second-order valence-electron chi connectivity index (χ2n) is 6.38. The van der Waals surface area contributed by atoms with Gasteiger partial charge in [-0.25, -0.2) is 14.7 Å². The van der Waals surface area contributed by atoms with Crippen LogP contribution in [0.25, 0.3) is 0 Å². The van der Waals surface area contributed by atoms with Gasteiger partial charge in [0.1, 0.15) is 18.7 Å². The molecule has 0 radical (unpaired) electrons. The SMILES string of the molecule is Cc1ccc(NC(N)=NCc2ncnn2C(C)(C)C)cc1C. The molecule has 6 nitrogen and oxygen atoms in total. The third-order valence-corrected chi connectivity index (χ3v) is 3.42. The standard InChI is InChI=1S/C16H24N6/c1-11-6-7-13(8-12(11)2)21-15(17)18-9-14-19-10-20-22(14)16(3,4)5/h6-8,10H,9H2,1-5H3,(H3,17,18,21). The summed E-state index contributed by atoms with van der Waals surface area (Å²) in [5.41, 5.74) is 9.22. The molecule has 0 saturated carbocycles. The van der Waals surface area contributed by atoms with E-state index in [2.05, 4.69) is 67.1 Å². The molecule has 0 spiro atoms. The molecule has 0 atom stereocenters. The largest absolute Gasteiger partial charge is 0.370 e. The number of nitrogens with zero attached hydrogens (tertiary/aromatic N) is 4. The number of nitrogens with two attached hydrogens (primary N) is 1. The van der Waals surface area contributed by atoms with Gasteiger partial charge in [0.15, 0.2) is 5.96 Å². The first-order chi connectivity index (χ1) is 10.3. The maximum Gasteiger partial charge on any atom is 0.193 e. The summed E-state index contributed by atoms with van der Waals surface area (Å²) in [5, 5.41) is 7.35. The molecule has 22 heavy (non-hydrogen) atoms. The number of hydrogen-bond donors (Lipinski definition) is 2. The van der Waals surface area contributed by atoms with E-state index in [0.29, 0.717) is 12.5 Å². The lowest BCUT2D eigenvalue weighted by atomic mass is 10.1. The Balaban J connectivity index is 2.07. The van der Waals surface area contributed by atoms with Crippen molar-refractivity contribution in [2.75, 3.05) is 5.32 Å². The third-order valence-electron chi connectivity index (χ3n) is 3.42. The molecule has 0 aliphatic heterocycles. The Morgan fingerprint density at radius 3 is 2.64 bits per heavy atom. The zero-order valence-corrected chi connectivity index (χ0v) is 13.9. The number of nitrogens with one attached hydrogen (secondary N) is 1. The Bertz CT molecular complexity index is 678. The van der Waals surface area contributed by atoms with E-state index in [1.165, 1.54) is 11.1 Å². The van der Waals surface area contributed by atoms with Gasteiger partial charge in [-0.1, -0.05) is 6.07 Å². The molecule has 1 heterocycles. The highest BCUT2D eigenvalue weighted by Crippen LogP contribution is 2.15. The van der Waals surface area contributed by atoms with E-state index in [0.717, 1.165) is 11.5 Å². The molecule has 118 valence electrons. The average molecular weight is 300 g/mol. The second kappa shape index (κ2) is 6.17. The number of aromatic nitrogens is 3. The quantitative estimate of drug-likeness (QED) is 0.674. The van der Waals surface area contributed by atoms with E-state index < -0.39 is 0 Å². The molecule has 0 bridgehead atoms. The molecular weight excluding hydrogens is 276 g/mol. The van der Waals surface area contributed by atoms with E-state index in [1.54, 1.807) is 6.33 Å². The zero-order chi connectivity index (χ0) is 16.3. The summed E-state index contributed by atoms with van der Waals surface area (Å²) in [7, 11) is 0. The maximum absolute atomic E-state index is 5.95. The number of benzene rings is 1. The van der Waals surface area contributed by atoms with Gasteiger partial charge in [0.2, 0.25) is 0 Å². The van der Waals surface area contributed by atoms with Crippen LogP contribution in [0.15, 0.2) is 29.5 Å². The molecule has 2 rings (SSSR count). The van der Waals surface area contributed by atoms with Gasteiger partial charge in [-0.3, -0.25) is 0 Å². The lowest BCUT2D eigenvalue weighted by molar-refractivity contribution is 0.342. The van der Waals surface area contributed by atoms with Gasteiger partial charge in [-0.15, -0.1) is 0 Å². The number of hydrogen-bond acceptors (Lipinski definition) is 3. The average Bonchev–Trinajstić information content (AvgIpc) is 2.89. The predicted octanol–water partition coefficient (Wildman–Crippen LogP) is 2.58. The fraction of sp³-hybridized carbons (Fsp3) is 0.438. The predicted molar refractivity (Wildman–Crippen MR) is 89.9 cm³/mol. The minimum absolute atomic E-state index is 0.127. The topological polar surface area (TPSA) is 81.1 Å². The minimum Gasteiger partial charge on any atom is -0.370 e.